The van der Waals surface area contributed by atoms with Crippen LogP contribution < -0.4 is 9.47 Å². The van der Waals surface area contributed by atoms with Crippen LogP contribution >= 0.6 is 35.3 Å². The number of aromatic hydroxyl groups is 4. The zero-order valence-corrected chi connectivity index (χ0v) is 39.1. The van der Waals surface area contributed by atoms with Gasteiger partial charge in [-0.3, -0.25) is 24.6 Å². The van der Waals surface area contributed by atoms with E-state index in [0.717, 1.165) is 6.42 Å². The number of thioether (sulfide) groups is 3. The molecule has 5 N–H and O–H groups in total. The number of ether oxygens (including phenoxy) is 5. The van der Waals surface area contributed by atoms with Crippen LogP contribution in [0, 0.1) is 0 Å². The summed E-state index contributed by atoms with van der Waals surface area (Å²) in [5, 5.41) is 50.0. The summed E-state index contributed by atoms with van der Waals surface area (Å²) in [6, 6.07) is 4.24. The smallest absolute Gasteiger partial charge is 0.332 e. The van der Waals surface area contributed by atoms with E-state index >= 15 is 0 Å². The van der Waals surface area contributed by atoms with Crippen molar-refractivity contribution in [2.45, 2.75) is 64.6 Å². The molecule has 19 nitrogen and oxygen atoms in total. The monoisotopic (exact) mass is 946 g/mol. The van der Waals surface area contributed by atoms with Crippen molar-refractivity contribution in [1.29, 1.82) is 0 Å². The fourth-order valence-corrected chi connectivity index (χ4v) is 8.89. The van der Waals surface area contributed by atoms with Gasteiger partial charge in [0.25, 0.3) is 0 Å². The molecule has 0 unspecified atom stereocenters. The predicted molar refractivity (Wildman–Crippen MR) is 245 cm³/mol. The molecule has 3 aliphatic heterocycles. The summed E-state index contributed by atoms with van der Waals surface area (Å²) in [6.45, 7) is 13.3. The number of hydrogen-bond donors (Lipinski definition) is 5. The number of aliphatic imine (C=N–C) groups is 3. The van der Waals surface area contributed by atoms with Crippen LogP contribution in [0.2, 0.25) is 0 Å². The fraction of sp³-hybridized carbons (Fsp3) is 0.500. The highest BCUT2D eigenvalue weighted by atomic mass is 32.2. The lowest BCUT2D eigenvalue weighted by atomic mass is 10.0. The molecular formula is C42H54N6O13S3. The van der Waals surface area contributed by atoms with Gasteiger partial charge in [-0.2, -0.15) is 0 Å². The van der Waals surface area contributed by atoms with Gasteiger partial charge in [-0.25, -0.2) is 19.7 Å². The van der Waals surface area contributed by atoms with Gasteiger partial charge in [0.15, 0.2) is 28.6 Å². The molecule has 0 saturated heterocycles. The minimum absolute atomic E-state index is 0.00193. The summed E-state index contributed by atoms with van der Waals surface area (Å²) >= 11 is 4.04. The van der Waals surface area contributed by atoms with Crippen LogP contribution in [-0.2, 0) is 28.6 Å². The van der Waals surface area contributed by atoms with Crippen LogP contribution in [0.15, 0.2) is 51.8 Å². The van der Waals surface area contributed by atoms with E-state index in [2.05, 4.69) is 29.9 Å². The summed E-state index contributed by atoms with van der Waals surface area (Å²) in [7, 11) is 1.61. The number of ketones is 2. The van der Waals surface area contributed by atoms with E-state index in [1.165, 1.54) is 86.8 Å². The zero-order chi connectivity index (χ0) is 47.1. The van der Waals surface area contributed by atoms with Gasteiger partial charge in [0, 0.05) is 55.4 Å². The first-order valence-electron chi connectivity index (χ1n) is 20.0. The molecule has 0 amide bonds. The lowest BCUT2D eigenvalue weighted by Crippen LogP contribution is -2.33. The Morgan fingerprint density at radius 3 is 1.66 bits per heavy atom. The van der Waals surface area contributed by atoms with Gasteiger partial charge >= 0.3 is 5.97 Å². The Morgan fingerprint density at radius 1 is 0.656 bits per heavy atom. The van der Waals surface area contributed by atoms with E-state index in [0.29, 0.717) is 95.8 Å². The van der Waals surface area contributed by atoms with E-state index in [1.807, 2.05) is 6.92 Å². The van der Waals surface area contributed by atoms with Crippen molar-refractivity contribution < 1.29 is 63.6 Å². The molecule has 0 fully saturated rings. The molecule has 0 saturated carbocycles. The maximum absolute atomic E-state index is 11.7. The molecule has 3 aliphatic rings. The Balaban J connectivity index is 0.000000214. The van der Waals surface area contributed by atoms with Crippen molar-refractivity contribution in [2.75, 3.05) is 70.6 Å². The number of carbonyl (C=O) groups excluding carboxylic acids is 2. The number of carbonyl (C=O) groups is 3. The number of carboxylic acid groups (broad SMARTS) is 1. The van der Waals surface area contributed by atoms with E-state index in [-0.39, 0.29) is 46.0 Å². The van der Waals surface area contributed by atoms with Crippen molar-refractivity contribution in [3.8, 4) is 34.5 Å². The second-order valence-corrected chi connectivity index (χ2v) is 17.8. The molecule has 3 aromatic rings. The minimum atomic E-state index is -1.20. The molecule has 0 spiro atoms. The van der Waals surface area contributed by atoms with E-state index < -0.39 is 22.6 Å². The van der Waals surface area contributed by atoms with Crippen LogP contribution in [0.5, 0.6) is 34.5 Å². The van der Waals surface area contributed by atoms with E-state index in [9.17, 15) is 34.8 Å². The third kappa shape index (κ3) is 14.0. The largest absolute Gasteiger partial charge is 0.506 e. The van der Waals surface area contributed by atoms with Crippen LogP contribution in [-0.4, -0.2) is 160 Å². The molecule has 6 heterocycles. The average molecular weight is 947 g/mol. The number of aromatic nitrogens is 3. The second kappa shape index (κ2) is 23.8. The van der Waals surface area contributed by atoms with Crippen molar-refractivity contribution >= 4 is 68.0 Å². The number of Topliss-reactive ketones (excluding diaryl/α,β-unsaturated/α-hetero) is 2. The summed E-state index contributed by atoms with van der Waals surface area (Å²) in [5.74, 6) is 0.705. The summed E-state index contributed by atoms with van der Waals surface area (Å²) in [5.41, 5.74) is -1.77. The van der Waals surface area contributed by atoms with Crippen molar-refractivity contribution in [3.63, 3.8) is 0 Å². The highest BCUT2D eigenvalue weighted by molar-refractivity contribution is 8.15. The summed E-state index contributed by atoms with van der Waals surface area (Å²) < 4.78 is 26.4. The normalized spacial score (nSPS) is 21.1. The Bertz CT molecular complexity index is 2230. The number of methoxy groups -OCH3 is 1. The Labute approximate surface area is 383 Å². The Morgan fingerprint density at radius 2 is 1.16 bits per heavy atom. The quantitative estimate of drug-likeness (QED) is 0.0996. The third-order valence-corrected chi connectivity index (χ3v) is 13.2. The first-order valence-corrected chi connectivity index (χ1v) is 22.9. The minimum Gasteiger partial charge on any atom is -0.506 e. The van der Waals surface area contributed by atoms with Gasteiger partial charge in [-0.05, 0) is 41.0 Å². The van der Waals surface area contributed by atoms with E-state index in [1.54, 1.807) is 27.0 Å². The van der Waals surface area contributed by atoms with Gasteiger partial charge in [0.2, 0.25) is 0 Å². The van der Waals surface area contributed by atoms with Gasteiger partial charge in [-0.1, -0.05) is 6.92 Å². The average Bonchev–Trinajstić information content (AvgIpc) is 3.98. The summed E-state index contributed by atoms with van der Waals surface area (Å²) in [6.07, 6.45) is 5.19. The third-order valence-electron chi connectivity index (χ3n) is 9.44. The maximum atomic E-state index is 11.7. The first-order chi connectivity index (χ1) is 30.4. The first kappa shape index (κ1) is 51.6. The van der Waals surface area contributed by atoms with E-state index in [4.69, 9.17) is 28.8 Å². The molecule has 348 valence electrons. The SMILES string of the molecule is CC(=O)[C@@]1(C)CSC(c2ncc(O)cc2O)=N1.CCCOCCOc1ccnc(C2=N[C@@](C)(C(=O)O)CS2)c1O.COCCOCCOc1cnc(C2=N[C@@](C)(C(C)=O)CS2)c(O)c1. The number of rotatable bonds is 19. The number of aliphatic carboxylic acids is 1. The topological polar surface area (TPSA) is 274 Å². The molecule has 0 bridgehead atoms. The Hall–Kier alpha value is -5.00. The lowest BCUT2D eigenvalue weighted by Gasteiger charge is -2.14. The number of carboxylic acids is 1. The standard InChI is InChI=1S/C16H22N2O5S.C15H20N2O5S.C11H12N2O3S/c1-11(19)16(2)10-24-15(18-16)14-13(20)8-12(9-17-14)23-7-6-22-5-4-21-3;1-3-6-21-7-8-22-10-4-5-16-11(12(10)18)13-17-15(2,9-23-13)14(19)20;1-6(14)11(2)5-17-10(13-11)9-8(16)3-7(15)4-12-9/h8-9,20H,4-7,10H2,1-3H3;4-5,18H,3,6-9H2,1-2H3,(H,19,20);3-4,15-16H,5H2,1-2H3/t16-;15-;11-/m111/s1. The molecular weight excluding hydrogens is 893 g/mol. The molecule has 3 atom stereocenters. The molecule has 3 aromatic heterocycles. The van der Waals surface area contributed by atoms with Crippen LogP contribution in [0.4, 0.5) is 0 Å². The zero-order valence-electron chi connectivity index (χ0n) is 36.7. The summed E-state index contributed by atoms with van der Waals surface area (Å²) in [4.78, 5) is 59.5. The van der Waals surface area contributed by atoms with Crippen molar-refractivity contribution in [3.05, 3.63) is 53.9 Å². The van der Waals surface area contributed by atoms with Crippen molar-refractivity contribution in [1.82, 2.24) is 15.0 Å². The van der Waals surface area contributed by atoms with Crippen LogP contribution in [0.25, 0.3) is 0 Å². The molecule has 6 rings (SSSR count). The Kier molecular flexibility index (Phi) is 19.2. The van der Waals surface area contributed by atoms with Crippen LogP contribution in [0.1, 0.15) is 65.0 Å². The molecule has 22 heteroatoms. The van der Waals surface area contributed by atoms with Gasteiger partial charge in [-0.15, -0.1) is 35.3 Å². The maximum Gasteiger partial charge on any atom is 0.332 e. The molecule has 0 aliphatic carbocycles. The second-order valence-electron chi connectivity index (χ2n) is 14.9. The van der Waals surface area contributed by atoms with Gasteiger partial charge in [0.05, 0.1) is 38.8 Å². The van der Waals surface area contributed by atoms with Gasteiger partial charge < -0.3 is 49.2 Å². The highest BCUT2D eigenvalue weighted by Gasteiger charge is 2.40. The molecule has 64 heavy (non-hydrogen) atoms. The predicted octanol–water partition coefficient (Wildman–Crippen LogP) is 4.93. The number of nitrogens with zero attached hydrogens (tertiary/aromatic N) is 6. The number of pyridine rings is 3. The molecule has 0 aromatic carbocycles. The fourth-order valence-electron chi connectivity index (χ4n) is 5.24. The number of hydrogen-bond acceptors (Lipinski definition) is 21. The highest BCUT2D eigenvalue weighted by Crippen LogP contribution is 2.38. The molecule has 0 radical (unpaired) electrons. The van der Waals surface area contributed by atoms with Crippen LogP contribution in [0.3, 0.4) is 0 Å². The lowest BCUT2D eigenvalue weighted by molar-refractivity contribution is -0.141. The van der Waals surface area contributed by atoms with Gasteiger partial charge in [0.1, 0.15) is 79.5 Å². The van der Waals surface area contributed by atoms with Crippen molar-refractivity contribution in [2.24, 2.45) is 15.0 Å².